The molecule has 3 heterocycles. The predicted molar refractivity (Wildman–Crippen MR) is 106 cm³/mol. The summed E-state index contributed by atoms with van der Waals surface area (Å²) in [6.45, 7) is 2.52. The van der Waals surface area contributed by atoms with E-state index >= 15 is 0 Å². The monoisotopic (exact) mass is 387 g/mol. The Morgan fingerprint density at radius 1 is 1.31 bits per heavy atom. The van der Waals surface area contributed by atoms with Gasteiger partial charge in [0.15, 0.2) is 0 Å². The Morgan fingerprint density at radius 2 is 2.15 bits per heavy atom. The molecular formula is C19H18ClN3O2S. The van der Waals surface area contributed by atoms with Gasteiger partial charge in [-0.15, -0.1) is 11.3 Å². The normalized spacial score (nSPS) is 14.1. The highest BCUT2D eigenvalue weighted by Gasteiger charge is 2.22. The highest BCUT2D eigenvalue weighted by molar-refractivity contribution is 7.20. The summed E-state index contributed by atoms with van der Waals surface area (Å²) < 4.78 is 1.79. The molecule has 5 nitrogen and oxygen atoms in total. The Morgan fingerprint density at radius 3 is 2.96 bits per heavy atom. The lowest BCUT2D eigenvalue weighted by atomic mass is 10.2. The lowest BCUT2D eigenvalue weighted by Crippen LogP contribution is -2.24. The van der Waals surface area contributed by atoms with Crippen LogP contribution < -0.4 is 10.9 Å². The molecular weight excluding hydrogens is 370 g/mol. The Bertz CT molecular complexity index is 1070. The average Bonchev–Trinajstić information content (AvgIpc) is 2.78. The largest absolute Gasteiger partial charge is 0.321 e. The molecule has 1 aliphatic heterocycles. The van der Waals surface area contributed by atoms with Gasteiger partial charge in [0.05, 0.1) is 10.3 Å². The highest BCUT2D eigenvalue weighted by atomic mass is 35.5. The van der Waals surface area contributed by atoms with Gasteiger partial charge in [-0.1, -0.05) is 24.1 Å². The number of anilines is 1. The lowest BCUT2D eigenvalue weighted by molar-refractivity contribution is 0.103. The number of carbonyl (C=O) groups is 1. The Hall–Kier alpha value is -2.18. The first-order valence-electron chi connectivity index (χ1n) is 8.64. The number of halogens is 1. The highest BCUT2D eigenvalue weighted by Crippen LogP contribution is 2.29. The molecule has 1 aliphatic rings. The van der Waals surface area contributed by atoms with Gasteiger partial charge in [-0.2, -0.15) is 0 Å². The van der Waals surface area contributed by atoms with Crippen molar-refractivity contribution in [3.8, 4) is 0 Å². The van der Waals surface area contributed by atoms with Crippen molar-refractivity contribution in [1.29, 1.82) is 0 Å². The molecule has 0 spiro atoms. The fraction of sp³-hybridized carbons (Fsp3) is 0.316. The number of aromatic nitrogens is 2. The van der Waals surface area contributed by atoms with Crippen molar-refractivity contribution in [2.45, 2.75) is 39.2 Å². The summed E-state index contributed by atoms with van der Waals surface area (Å²) in [6, 6.07) is 7.00. The number of hydrogen-bond acceptors (Lipinski definition) is 4. The maximum Gasteiger partial charge on any atom is 0.266 e. The molecule has 0 bridgehead atoms. The smallest absolute Gasteiger partial charge is 0.266 e. The molecule has 2 aromatic heterocycles. The fourth-order valence-corrected chi connectivity index (χ4v) is 4.66. The minimum atomic E-state index is -0.243. The third-order valence-corrected chi connectivity index (χ3v) is 6.12. The van der Waals surface area contributed by atoms with E-state index in [4.69, 9.17) is 16.6 Å². The van der Waals surface area contributed by atoms with Gasteiger partial charge in [-0.05, 0) is 43.5 Å². The molecule has 0 aliphatic carbocycles. The van der Waals surface area contributed by atoms with Crippen molar-refractivity contribution in [2.24, 2.45) is 0 Å². The lowest BCUT2D eigenvalue weighted by Gasteiger charge is -2.08. The topological polar surface area (TPSA) is 64.0 Å². The summed E-state index contributed by atoms with van der Waals surface area (Å²) in [5, 5.41) is 3.97. The molecule has 134 valence electrons. The van der Waals surface area contributed by atoms with Gasteiger partial charge >= 0.3 is 0 Å². The second-order valence-electron chi connectivity index (χ2n) is 6.50. The van der Waals surface area contributed by atoms with E-state index in [9.17, 15) is 9.59 Å². The third-order valence-electron chi connectivity index (χ3n) is 4.70. The first-order valence-corrected chi connectivity index (χ1v) is 9.84. The van der Waals surface area contributed by atoms with Crippen LogP contribution in [0.15, 0.2) is 29.1 Å². The van der Waals surface area contributed by atoms with Gasteiger partial charge in [0.25, 0.3) is 11.5 Å². The van der Waals surface area contributed by atoms with E-state index in [2.05, 4.69) is 5.32 Å². The zero-order valence-corrected chi connectivity index (χ0v) is 15.9. The van der Waals surface area contributed by atoms with Crippen molar-refractivity contribution < 1.29 is 4.79 Å². The number of fused-ring (bicyclic) bond motifs is 2. The molecule has 0 radical (unpaired) electrons. The number of aryl methyl sites for hydroxylation is 2. The van der Waals surface area contributed by atoms with E-state index in [1.165, 1.54) is 11.3 Å². The van der Waals surface area contributed by atoms with Crippen molar-refractivity contribution in [1.82, 2.24) is 9.55 Å². The summed E-state index contributed by atoms with van der Waals surface area (Å²) >= 11 is 7.25. The van der Waals surface area contributed by atoms with Gasteiger partial charge < -0.3 is 5.32 Å². The van der Waals surface area contributed by atoms with E-state index in [1.807, 2.05) is 6.92 Å². The number of carbonyl (C=O) groups excluding carboxylic acids is 1. The van der Waals surface area contributed by atoms with E-state index in [0.717, 1.165) is 31.5 Å². The molecule has 4 rings (SSSR count). The van der Waals surface area contributed by atoms with E-state index in [1.54, 1.807) is 28.8 Å². The second kappa shape index (κ2) is 6.85. The number of nitrogens with zero attached hydrogens (tertiary/aromatic N) is 2. The molecule has 1 amide bonds. The van der Waals surface area contributed by atoms with Crippen LogP contribution in [0.25, 0.3) is 10.2 Å². The summed E-state index contributed by atoms with van der Waals surface area (Å²) in [5.74, 6) is 0.593. The summed E-state index contributed by atoms with van der Waals surface area (Å²) in [7, 11) is 0. The third kappa shape index (κ3) is 3.04. The Balaban J connectivity index is 1.77. The van der Waals surface area contributed by atoms with Crippen molar-refractivity contribution in [3.05, 3.63) is 55.9 Å². The van der Waals surface area contributed by atoms with Crippen LogP contribution in [0.5, 0.6) is 0 Å². The Kier molecular flexibility index (Phi) is 4.54. The number of hydrogen-bond donors (Lipinski definition) is 1. The van der Waals surface area contributed by atoms with E-state index in [-0.39, 0.29) is 11.5 Å². The summed E-state index contributed by atoms with van der Waals surface area (Å²) in [6.07, 6.45) is 3.96. The standard InChI is InChI=1S/C19H18ClN3O2S/c1-11-15-18(22-14-8-3-2-4-9-23(14)19(15)25)26-16(11)17(24)21-13-7-5-6-12(20)10-13/h5-7,10H,2-4,8-9H2,1H3,(H,21,24). The zero-order valence-electron chi connectivity index (χ0n) is 14.3. The maximum absolute atomic E-state index is 13.0. The zero-order chi connectivity index (χ0) is 18.3. The summed E-state index contributed by atoms with van der Waals surface area (Å²) in [4.78, 5) is 31.6. The molecule has 0 saturated heterocycles. The van der Waals surface area contributed by atoms with Crippen LogP contribution in [0.3, 0.4) is 0 Å². The van der Waals surface area contributed by atoms with Crippen LogP contribution in [0.2, 0.25) is 5.02 Å². The molecule has 3 aromatic rings. The van der Waals surface area contributed by atoms with E-state index in [0.29, 0.717) is 37.9 Å². The van der Waals surface area contributed by atoms with Gasteiger partial charge in [0.1, 0.15) is 10.7 Å². The van der Waals surface area contributed by atoms with Crippen molar-refractivity contribution in [2.75, 3.05) is 5.32 Å². The fourth-order valence-electron chi connectivity index (χ4n) is 3.38. The van der Waals surface area contributed by atoms with Crippen molar-refractivity contribution in [3.63, 3.8) is 0 Å². The molecule has 26 heavy (non-hydrogen) atoms. The van der Waals surface area contributed by atoms with E-state index < -0.39 is 0 Å². The van der Waals surface area contributed by atoms with Gasteiger partial charge in [-0.3, -0.25) is 14.2 Å². The van der Waals surface area contributed by atoms with Gasteiger partial charge in [0.2, 0.25) is 0 Å². The minimum Gasteiger partial charge on any atom is -0.321 e. The molecule has 0 atom stereocenters. The molecule has 0 unspecified atom stereocenters. The molecule has 7 heteroatoms. The minimum absolute atomic E-state index is 0.0255. The predicted octanol–water partition coefficient (Wildman–Crippen LogP) is 4.40. The van der Waals surface area contributed by atoms with Crippen LogP contribution >= 0.6 is 22.9 Å². The average molecular weight is 388 g/mol. The maximum atomic E-state index is 13.0. The molecule has 0 fully saturated rings. The van der Waals surface area contributed by atoms with Crippen LogP contribution in [-0.4, -0.2) is 15.5 Å². The number of rotatable bonds is 2. The number of amides is 1. The molecule has 1 aromatic carbocycles. The van der Waals surface area contributed by atoms with Crippen LogP contribution in [0.1, 0.15) is 40.3 Å². The quantitative estimate of drug-likeness (QED) is 0.708. The van der Waals surface area contributed by atoms with Crippen LogP contribution in [-0.2, 0) is 13.0 Å². The van der Waals surface area contributed by atoms with Crippen LogP contribution in [0.4, 0.5) is 5.69 Å². The van der Waals surface area contributed by atoms with Gasteiger partial charge in [0, 0.05) is 23.7 Å². The second-order valence-corrected chi connectivity index (χ2v) is 7.93. The first kappa shape index (κ1) is 17.2. The van der Waals surface area contributed by atoms with Crippen molar-refractivity contribution >= 4 is 44.7 Å². The first-order chi connectivity index (χ1) is 12.5. The SMILES string of the molecule is Cc1c(C(=O)Nc2cccc(Cl)c2)sc2nc3n(c(=O)c12)CCCCC3. The molecule has 0 saturated carbocycles. The Labute approximate surface area is 159 Å². The molecule has 1 N–H and O–H groups in total. The number of nitrogens with one attached hydrogen (secondary N) is 1. The number of benzene rings is 1. The summed E-state index contributed by atoms with van der Waals surface area (Å²) in [5.41, 5.74) is 1.30. The van der Waals surface area contributed by atoms with Gasteiger partial charge in [-0.25, -0.2) is 4.98 Å². The number of thiophene rings is 1. The van der Waals surface area contributed by atoms with Crippen LogP contribution in [0, 0.1) is 6.92 Å².